The minimum Gasteiger partial charge on any atom is -0.495 e. The molecule has 8 heteroatoms. The molecule has 152 valence electrons. The lowest BCUT2D eigenvalue weighted by atomic mass is 10.0. The lowest BCUT2D eigenvalue weighted by Gasteiger charge is -2.32. The van der Waals surface area contributed by atoms with E-state index in [0.717, 1.165) is 19.4 Å². The lowest BCUT2D eigenvalue weighted by Crippen LogP contribution is -2.42. The van der Waals surface area contributed by atoms with Crippen LogP contribution in [0.1, 0.15) is 40.0 Å². The van der Waals surface area contributed by atoms with E-state index in [1.165, 1.54) is 30.0 Å². The Morgan fingerprint density at radius 2 is 2.00 bits per heavy atom. The monoisotopic (exact) mass is 397 g/mol. The summed E-state index contributed by atoms with van der Waals surface area (Å²) in [5, 5.41) is 2.83. The first-order valence-corrected chi connectivity index (χ1v) is 11.0. The van der Waals surface area contributed by atoms with Crippen molar-refractivity contribution in [1.29, 1.82) is 0 Å². The number of carbonyl (C=O) groups excluding carboxylic acids is 1. The number of nitrogens with one attached hydrogen (secondary N) is 1. The average Bonchev–Trinajstić information content (AvgIpc) is 2.64. The number of methoxy groups -OCH3 is 1. The largest absolute Gasteiger partial charge is 0.495 e. The second kappa shape index (κ2) is 9.52. The number of sulfonamides is 1. The van der Waals surface area contributed by atoms with Crippen LogP contribution in [0.3, 0.4) is 0 Å². The van der Waals surface area contributed by atoms with Crippen molar-refractivity contribution in [2.75, 3.05) is 38.6 Å². The molecule has 1 aliphatic heterocycles. The standard InChI is InChI=1S/C19H31N3O4S/c1-5-22(6-2)27(24,25)16-10-11-18(26-4)17(13-16)20-19(23)14-21-12-8-7-9-15(21)3/h10-11,13,15H,5-9,12,14H2,1-4H3,(H,20,23)/t15-/m1/s1. The number of hydrogen-bond donors (Lipinski definition) is 1. The molecular formula is C19H31N3O4S. The Morgan fingerprint density at radius 3 is 2.59 bits per heavy atom. The number of nitrogens with zero attached hydrogens (tertiary/aromatic N) is 2. The third-order valence-electron chi connectivity index (χ3n) is 5.08. The van der Waals surface area contributed by atoms with Gasteiger partial charge in [0.25, 0.3) is 0 Å². The number of likely N-dealkylation sites (tertiary alicyclic amines) is 1. The first-order valence-electron chi connectivity index (χ1n) is 9.55. The Bertz CT molecular complexity index is 747. The summed E-state index contributed by atoms with van der Waals surface area (Å²) in [5.74, 6) is 0.271. The van der Waals surface area contributed by atoms with Gasteiger partial charge in [0, 0.05) is 19.1 Å². The van der Waals surface area contributed by atoms with Crippen LogP contribution in [0.4, 0.5) is 5.69 Å². The maximum absolute atomic E-state index is 12.8. The van der Waals surface area contributed by atoms with Crippen LogP contribution in [0.15, 0.2) is 23.1 Å². The van der Waals surface area contributed by atoms with E-state index in [1.807, 2.05) is 0 Å². The quantitative estimate of drug-likeness (QED) is 0.729. The zero-order valence-electron chi connectivity index (χ0n) is 16.7. The summed E-state index contributed by atoms with van der Waals surface area (Å²) in [7, 11) is -2.11. The average molecular weight is 398 g/mol. The van der Waals surface area contributed by atoms with Crippen molar-refractivity contribution in [3.05, 3.63) is 18.2 Å². The van der Waals surface area contributed by atoms with Crippen molar-refractivity contribution in [3.63, 3.8) is 0 Å². The second-order valence-electron chi connectivity index (χ2n) is 6.81. The van der Waals surface area contributed by atoms with Crippen LogP contribution < -0.4 is 10.1 Å². The molecule has 7 nitrogen and oxygen atoms in total. The van der Waals surface area contributed by atoms with Crippen molar-refractivity contribution in [3.8, 4) is 5.75 Å². The molecule has 1 saturated heterocycles. The number of rotatable bonds is 8. The fourth-order valence-electron chi connectivity index (χ4n) is 3.42. The first-order chi connectivity index (χ1) is 12.8. The second-order valence-corrected chi connectivity index (χ2v) is 8.75. The summed E-state index contributed by atoms with van der Waals surface area (Å²) in [4.78, 5) is 14.8. The Labute approximate surface area is 162 Å². The fraction of sp³-hybridized carbons (Fsp3) is 0.632. The molecular weight excluding hydrogens is 366 g/mol. The molecule has 1 aromatic rings. The van der Waals surface area contributed by atoms with Gasteiger partial charge in [0.05, 0.1) is 24.2 Å². The van der Waals surface area contributed by atoms with E-state index in [-0.39, 0.29) is 17.3 Å². The van der Waals surface area contributed by atoms with Crippen molar-refractivity contribution >= 4 is 21.6 Å². The number of ether oxygens (including phenoxy) is 1. The lowest BCUT2D eigenvalue weighted by molar-refractivity contribution is -0.118. The van der Waals surface area contributed by atoms with E-state index >= 15 is 0 Å². The highest BCUT2D eigenvalue weighted by molar-refractivity contribution is 7.89. The normalized spacial score (nSPS) is 18.5. The van der Waals surface area contributed by atoms with Crippen molar-refractivity contribution in [2.45, 2.75) is 51.0 Å². The van der Waals surface area contributed by atoms with E-state index in [0.29, 0.717) is 30.6 Å². The third kappa shape index (κ3) is 5.21. The van der Waals surface area contributed by atoms with Crippen molar-refractivity contribution < 1.29 is 17.9 Å². The topological polar surface area (TPSA) is 79.0 Å². The van der Waals surface area contributed by atoms with Gasteiger partial charge in [-0.15, -0.1) is 0 Å². The highest BCUT2D eigenvalue weighted by atomic mass is 32.2. The molecule has 1 N–H and O–H groups in total. The molecule has 1 amide bonds. The van der Waals surface area contributed by atoms with Crippen LogP contribution in [0.5, 0.6) is 5.75 Å². The highest BCUT2D eigenvalue weighted by Gasteiger charge is 2.24. The predicted octanol–water partition coefficient (Wildman–Crippen LogP) is 2.54. The van der Waals surface area contributed by atoms with E-state index < -0.39 is 10.0 Å². The summed E-state index contributed by atoms with van der Waals surface area (Å²) in [6.45, 7) is 7.70. The van der Waals surface area contributed by atoms with Gasteiger partial charge in [-0.25, -0.2) is 8.42 Å². The van der Waals surface area contributed by atoms with E-state index in [2.05, 4.69) is 17.1 Å². The van der Waals surface area contributed by atoms with Gasteiger partial charge in [-0.1, -0.05) is 20.3 Å². The number of piperidine rings is 1. The molecule has 1 heterocycles. The van der Waals surface area contributed by atoms with Gasteiger partial charge in [0.1, 0.15) is 5.75 Å². The molecule has 1 fully saturated rings. The molecule has 0 radical (unpaired) electrons. The van der Waals surface area contributed by atoms with Gasteiger partial charge in [-0.05, 0) is 44.5 Å². The van der Waals surface area contributed by atoms with Crippen molar-refractivity contribution in [1.82, 2.24) is 9.21 Å². The summed E-state index contributed by atoms with van der Waals surface area (Å²) < 4.78 is 32.2. The third-order valence-corrected chi connectivity index (χ3v) is 7.12. The maximum Gasteiger partial charge on any atom is 0.243 e. The first kappa shape index (κ1) is 21.7. The molecule has 2 rings (SSSR count). The molecule has 0 bridgehead atoms. The van der Waals surface area contributed by atoms with Crippen LogP contribution in [0.2, 0.25) is 0 Å². The number of amides is 1. The van der Waals surface area contributed by atoms with Gasteiger partial charge < -0.3 is 10.1 Å². The predicted molar refractivity (Wildman–Crippen MR) is 107 cm³/mol. The molecule has 1 atom stereocenters. The van der Waals surface area contributed by atoms with Gasteiger partial charge in [-0.3, -0.25) is 9.69 Å². The van der Waals surface area contributed by atoms with E-state index in [1.54, 1.807) is 19.9 Å². The van der Waals surface area contributed by atoms with Crippen LogP contribution >= 0.6 is 0 Å². The number of carbonyl (C=O) groups is 1. The van der Waals surface area contributed by atoms with E-state index in [4.69, 9.17) is 4.74 Å². The zero-order valence-corrected chi connectivity index (χ0v) is 17.5. The van der Waals surface area contributed by atoms with Crippen LogP contribution in [-0.4, -0.2) is 62.9 Å². The number of hydrogen-bond acceptors (Lipinski definition) is 5. The number of anilines is 1. The molecule has 1 aromatic carbocycles. The highest BCUT2D eigenvalue weighted by Crippen LogP contribution is 2.29. The summed E-state index contributed by atoms with van der Waals surface area (Å²) >= 11 is 0. The summed E-state index contributed by atoms with van der Waals surface area (Å²) in [6.07, 6.45) is 3.38. The molecule has 0 unspecified atom stereocenters. The van der Waals surface area contributed by atoms with Gasteiger partial charge in [0.15, 0.2) is 0 Å². The molecule has 1 aliphatic rings. The Morgan fingerprint density at radius 1 is 1.30 bits per heavy atom. The van der Waals surface area contributed by atoms with Crippen LogP contribution in [-0.2, 0) is 14.8 Å². The minimum absolute atomic E-state index is 0.147. The molecule has 0 aliphatic carbocycles. The SMILES string of the molecule is CCN(CC)S(=O)(=O)c1ccc(OC)c(NC(=O)CN2CCCC[C@H]2C)c1. The van der Waals surface area contributed by atoms with E-state index in [9.17, 15) is 13.2 Å². The Kier molecular flexibility index (Phi) is 7.64. The molecule has 0 saturated carbocycles. The summed E-state index contributed by atoms with van der Waals surface area (Å²) in [6, 6.07) is 4.94. The molecule has 0 aromatic heterocycles. The smallest absolute Gasteiger partial charge is 0.243 e. The van der Waals surface area contributed by atoms with Crippen molar-refractivity contribution in [2.24, 2.45) is 0 Å². The Hall–Kier alpha value is -1.64. The zero-order chi connectivity index (χ0) is 20.0. The Balaban J connectivity index is 2.21. The van der Waals surface area contributed by atoms with Crippen LogP contribution in [0, 0.1) is 0 Å². The van der Waals surface area contributed by atoms with Crippen LogP contribution in [0.25, 0.3) is 0 Å². The number of benzene rings is 1. The van der Waals surface area contributed by atoms with Gasteiger partial charge in [0.2, 0.25) is 15.9 Å². The molecule has 0 spiro atoms. The molecule has 27 heavy (non-hydrogen) atoms. The summed E-state index contributed by atoms with van der Waals surface area (Å²) in [5.41, 5.74) is 0.375. The fourth-order valence-corrected chi connectivity index (χ4v) is 4.91. The maximum atomic E-state index is 12.8. The van der Waals surface area contributed by atoms with Gasteiger partial charge >= 0.3 is 0 Å². The van der Waals surface area contributed by atoms with Gasteiger partial charge in [-0.2, -0.15) is 4.31 Å². The minimum atomic E-state index is -3.60.